The number of hydrogen-bond acceptors (Lipinski definition) is 1. The minimum Gasteiger partial charge on any atom is -0.288 e. The van der Waals surface area contributed by atoms with Gasteiger partial charge in [0.15, 0.2) is 5.78 Å². The Balaban J connectivity index is 2.57. The fourth-order valence-electron chi connectivity index (χ4n) is 1.98. The summed E-state index contributed by atoms with van der Waals surface area (Å²) >= 11 is 3.31. The number of carbonyl (C=O) groups excluding carboxylic acids is 1. The van der Waals surface area contributed by atoms with Gasteiger partial charge in [0, 0.05) is 10.0 Å². The Kier molecular flexibility index (Phi) is 3.62. The first-order valence-corrected chi connectivity index (χ1v) is 6.36. The van der Waals surface area contributed by atoms with Gasteiger partial charge in [0.25, 0.3) is 0 Å². The molecule has 1 nitrogen and oxygen atoms in total. The lowest BCUT2D eigenvalue weighted by Crippen LogP contribution is -2.08. The van der Waals surface area contributed by atoms with Gasteiger partial charge in [0.2, 0.25) is 0 Å². The van der Waals surface area contributed by atoms with E-state index >= 15 is 0 Å². The highest BCUT2D eigenvalue weighted by Gasteiger charge is 2.18. The van der Waals surface area contributed by atoms with Crippen molar-refractivity contribution in [2.24, 2.45) is 0 Å². The summed E-state index contributed by atoms with van der Waals surface area (Å²) in [5.74, 6) is -0.759. The first-order chi connectivity index (χ1) is 8.50. The van der Waals surface area contributed by atoms with Gasteiger partial charge in [-0.25, -0.2) is 4.39 Å². The molecule has 2 aromatic rings. The van der Waals surface area contributed by atoms with Crippen molar-refractivity contribution in [3.8, 4) is 0 Å². The molecule has 3 heteroatoms. The molecule has 0 amide bonds. The van der Waals surface area contributed by atoms with Crippen molar-refractivity contribution in [2.45, 2.75) is 13.8 Å². The average Bonchev–Trinajstić information content (AvgIpc) is 2.27. The molecule has 0 saturated heterocycles. The summed E-state index contributed by atoms with van der Waals surface area (Å²) in [4.78, 5) is 12.4. The summed E-state index contributed by atoms with van der Waals surface area (Å²) in [5, 5.41) is 0. The highest BCUT2D eigenvalue weighted by molar-refractivity contribution is 9.10. The lowest BCUT2D eigenvalue weighted by atomic mass is 9.97. The van der Waals surface area contributed by atoms with E-state index in [1.165, 1.54) is 6.07 Å². The van der Waals surface area contributed by atoms with Gasteiger partial charge in [-0.05, 0) is 43.2 Å². The molecule has 0 aliphatic rings. The van der Waals surface area contributed by atoms with Crippen LogP contribution in [0.15, 0.2) is 40.9 Å². The lowest BCUT2D eigenvalue weighted by Gasteiger charge is -2.09. The maximum atomic E-state index is 13.9. The van der Waals surface area contributed by atoms with Crippen LogP contribution >= 0.6 is 15.9 Å². The number of ketones is 1. The van der Waals surface area contributed by atoms with Gasteiger partial charge in [-0.1, -0.05) is 34.1 Å². The molecule has 0 spiro atoms. The normalized spacial score (nSPS) is 10.4. The SMILES string of the molecule is Cc1cc(C)c(C(=O)c2ccccc2Br)c(F)c1. The molecule has 2 aromatic carbocycles. The Bertz CT molecular complexity index is 597. The molecule has 0 aliphatic carbocycles. The number of hydrogen-bond donors (Lipinski definition) is 0. The molecule has 0 aliphatic heterocycles. The maximum absolute atomic E-state index is 13.9. The summed E-state index contributed by atoms with van der Waals surface area (Å²) < 4.78 is 14.6. The van der Waals surface area contributed by atoms with E-state index in [0.29, 0.717) is 15.6 Å². The van der Waals surface area contributed by atoms with Crippen LogP contribution in [-0.2, 0) is 0 Å². The van der Waals surface area contributed by atoms with Crippen molar-refractivity contribution in [2.75, 3.05) is 0 Å². The molecule has 0 heterocycles. The van der Waals surface area contributed by atoms with Crippen molar-refractivity contribution in [1.29, 1.82) is 0 Å². The number of benzene rings is 2. The molecule has 2 rings (SSSR count). The van der Waals surface area contributed by atoms with E-state index < -0.39 is 5.82 Å². The molecule has 0 bridgehead atoms. The number of aryl methyl sites for hydroxylation is 2. The van der Waals surface area contributed by atoms with Crippen LogP contribution in [0, 0.1) is 19.7 Å². The highest BCUT2D eigenvalue weighted by Crippen LogP contribution is 2.24. The topological polar surface area (TPSA) is 17.1 Å². The van der Waals surface area contributed by atoms with Crippen molar-refractivity contribution in [3.05, 3.63) is 68.9 Å². The molecular weight excluding hydrogens is 295 g/mol. The van der Waals surface area contributed by atoms with Crippen molar-refractivity contribution in [1.82, 2.24) is 0 Å². The van der Waals surface area contributed by atoms with Gasteiger partial charge in [0.05, 0.1) is 5.56 Å². The molecule has 0 saturated carbocycles. The molecule has 0 unspecified atom stereocenters. The van der Waals surface area contributed by atoms with Gasteiger partial charge in [-0.2, -0.15) is 0 Å². The third-order valence-corrected chi connectivity index (χ3v) is 3.47. The summed E-state index contributed by atoms with van der Waals surface area (Å²) in [6.45, 7) is 3.56. The van der Waals surface area contributed by atoms with Crippen LogP contribution in [0.3, 0.4) is 0 Å². The van der Waals surface area contributed by atoms with Gasteiger partial charge in [-0.3, -0.25) is 4.79 Å². The average molecular weight is 307 g/mol. The molecule has 0 fully saturated rings. The van der Waals surface area contributed by atoms with Crippen molar-refractivity contribution >= 4 is 21.7 Å². The smallest absolute Gasteiger partial charge is 0.197 e. The van der Waals surface area contributed by atoms with Crippen molar-refractivity contribution < 1.29 is 9.18 Å². The molecule has 18 heavy (non-hydrogen) atoms. The second-order valence-corrected chi connectivity index (χ2v) is 5.10. The zero-order valence-electron chi connectivity index (χ0n) is 10.1. The minimum absolute atomic E-state index is 0.146. The Morgan fingerprint density at radius 3 is 2.44 bits per heavy atom. The van der Waals surface area contributed by atoms with E-state index in [-0.39, 0.29) is 11.3 Å². The summed E-state index contributed by atoms with van der Waals surface area (Å²) in [6, 6.07) is 10.2. The Hall–Kier alpha value is -1.48. The van der Waals surface area contributed by atoms with E-state index in [1.54, 1.807) is 25.1 Å². The predicted molar refractivity (Wildman–Crippen MR) is 73.4 cm³/mol. The van der Waals surface area contributed by atoms with Gasteiger partial charge >= 0.3 is 0 Å². The monoisotopic (exact) mass is 306 g/mol. The number of rotatable bonds is 2. The second kappa shape index (κ2) is 5.02. The molecule has 0 N–H and O–H groups in total. The second-order valence-electron chi connectivity index (χ2n) is 4.25. The number of halogens is 2. The third-order valence-electron chi connectivity index (χ3n) is 2.78. The molecular formula is C15H12BrFO. The zero-order valence-corrected chi connectivity index (χ0v) is 11.7. The van der Waals surface area contributed by atoms with E-state index in [1.807, 2.05) is 19.1 Å². The first-order valence-electron chi connectivity index (χ1n) is 5.56. The van der Waals surface area contributed by atoms with Gasteiger partial charge in [0.1, 0.15) is 5.82 Å². The van der Waals surface area contributed by atoms with E-state index in [9.17, 15) is 9.18 Å². The molecule has 0 aromatic heterocycles. The summed E-state index contributed by atoms with van der Waals surface area (Å²) in [7, 11) is 0. The fourth-order valence-corrected chi connectivity index (χ4v) is 2.45. The van der Waals surface area contributed by atoms with E-state index in [0.717, 1.165) is 5.56 Å². The fraction of sp³-hybridized carbons (Fsp3) is 0.133. The van der Waals surface area contributed by atoms with Crippen molar-refractivity contribution in [3.63, 3.8) is 0 Å². The predicted octanol–water partition coefficient (Wildman–Crippen LogP) is 4.44. The highest BCUT2D eigenvalue weighted by atomic mass is 79.9. The Morgan fingerprint density at radius 2 is 1.83 bits per heavy atom. The standard InChI is InChI=1S/C15H12BrFO/c1-9-7-10(2)14(13(17)8-9)15(18)11-5-3-4-6-12(11)16/h3-8H,1-2H3. The van der Waals surface area contributed by atoms with Crippen LogP contribution < -0.4 is 0 Å². The van der Waals surface area contributed by atoms with Gasteiger partial charge in [-0.15, -0.1) is 0 Å². The Labute approximate surface area is 114 Å². The van der Waals surface area contributed by atoms with E-state index in [2.05, 4.69) is 15.9 Å². The zero-order chi connectivity index (χ0) is 13.3. The first kappa shape index (κ1) is 13.0. The quantitative estimate of drug-likeness (QED) is 0.750. The van der Waals surface area contributed by atoms with Crippen LogP contribution in [0.5, 0.6) is 0 Å². The third kappa shape index (κ3) is 2.36. The minimum atomic E-state index is -0.465. The number of carbonyl (C=O) groups is 1. The summed E-state index contributed by atoms with van der Waals surface area (Å²) in [6.07, 6.45) is 0. The van der Waals surface area contributed by atoms with Crippen LogP contribution in [0.4, 0.5) is 4.39 Å². The van der Waals surface area contributed by atoms with E-state index in [4.69, 9.17) is 0 Å². The van der Waals surface area contributed by atoms with Crippen LogP contribution in [0.2, 0.25) is 0 Å². The summed E-state index contributed by atoms with van der Waals surface area (Å²) in [5.41, 5.74) is 2.10. The van der Waals surface area contributed by atoms with Crippen LogP contribution in [0.25, 0.3) is 0 Å². The van der Waals surface area contributed by atoms with Gasteiger partial charge < -0.3 is 0 Å². The molecule has 0 radical (unpaired) electrons. The molecule has 92 valence electrons. The largest absolute Gasteiger partial charge is 0.288 e. The maximum Gasteiger partial charge on any atom is 0.197 e. The lowest BCUT2D eigenvalue weighted by molar-refractivity contribution is 0.103. The van der Waals surface area contributed by atoms with Crippen LogP contribution in [-0.4, -0.2) is 5.78 Å². The Morgan fingerprint density at radius 1 is 1.17 bits per heavy atom. The molecule has 0 atom stereocenters. The van der Waals surface area contributed by atoms with Crippen LogP contribution in [0.1, 0.15) is 27.0 Å².